The van der Waals surface area contributed by atoms with E-state index in [1.165, 1.54) is 23.1 Å². The van der Waals surface area contributed by atoms with E-state index in [4.69, 9.17) is 0 Å². The van der Waals surface area contributed by atoms with Crippen LogP contribution >= 0.6 is 0 Å². The van der Waals surface area contributed by atoms with Crippen LogP contribution < -0.4 is 10.2 Å². The van der Waals surface area contributed by atoms with E-state index >= 15 is 0 Å². The molecule has 29 heavy (non-hydrogen) atoms. The Morgan fingerprint density at radius 2 is 1.55 bits per heavy atom. The molecule has 2 aromatic rings. The molecule has 1 aromatic carbocycles. The Bertz CT molecular complexity index is 858. The molecule has 11 heteroatoms. The van der Waals surface area contributed by atoms with E-state index < -0.39 is 29.5 Å². The van der Waals surface area contributed by atoms with E-state index in [0.29, 0.717) is 18.9 Å². The predicted molar refractivity (Wildman–Crippen MR) is 93.5 cm³/mol. The normalized spacial score (nSPS) is 15.4. The van der Waals surface area contributed by atoms with Crippen molar-refractivity contribution in [2.45, 2.75) is 12.4 Å². The highest BCUT2D eigenvalue weighted by atomic mass is 19.4. The van der Waals surface area contributed by atoms with Gasteiger partial charge in [-0.2, -0.15) is 26.3 Å². The Kier molecular flexibility index (Phi) is 5.58. The standard InChI is InChI=1S/C18H16F6N4O/c19-17(20,21)12-2-1-3-14(10-12)26-16(29)28-8-6-27(7-9-28)15-5-4-13(11-25-15)18(22,23)24/h1-5,10-11H,6-9H2,(H,26,29). The molecule has 1 fully saturated rings. The molecular formula is C18H16F6N4O. The van der Waals surface area contributed by atoms with Crippen LogP contribution in [0.2, 0.25) is 0 Å². The summed E-state index contributed by atoms with van der Waals surface area (Å²) in [6.07, 6.45) is -8.23. The number of benzene rings is 1. The summed E-state index contributed by atoms with van der Waals surface area (Å²) >= 11 is 0. The smallest absolute Gasteiger partial charge is 0.353 e. The maximum absolute atomic E-state index is 12.8. The molecule has 2 heterocycles. The van der Waals surface area contributed by atoms with Crippen molar-refractivity contribution in [1.82, 2.24) is 9.88 Å². The molecule has 5 nitrogen and oxygen atoms in total. The molecule has 0 radical (unpaired) electrons. The number of alkyl halides is 6. The molecular weight excluding hydrogens is 402 g/mol. The van der Waals surface area contributed by atoms with Crippen LogP contribution in [0.5, 0.6) is 0 Å². The van der Waals surface area contributed by atoms with Crippen molar-refractivity contribution in [2.75, 3.05) is 36.4 Å². The highest BCUT2D eigenvalue weighted by molar-refractivity contribution is 5.89. The Hall–Kier alpha value is -2.98. The molecule has 0 aliphatic carbocycles. The van der Waals surface area contributed by atoms with E-state index in [0.717, 1.165) is 24.4 Å². The summed E-state index contributed by atoms with van der Waals surface area (Å²) in [5, 5.41) is 2.43. The maximum atomic E-state index is 12.8. The van der Waals surface area contributed by atoms with Gasteiger partial charge in [-0.25, -0.2) is 9.78 Å². The van der Waals surface area contributed by atoms with Gasteiger partial charge in [0.1, 0.15) is 5.82 Å². The zero-order valence-electron chi connectivity index (χ0n) is 14.9. The summed E-state index contributed by atoms with van der Waals surface area (Å²) in [7, 11) is 0. The van der Waals surface area contributed by atoms with Gasteiger partial charge in [0.25, 0.3) is 0 Å². The predicted octanol–water partition coefficient (Wildman–Crippen LogP) is 4.47. The number of carbonyl (C=O) groups is 1. The first kappa shape index (κ1) is 20.7. The van der Waals surface area contributed by atoms with Crippen LogP contribution in [0.1, 0.15) is 11.1 Å². The van der Waals surface area contributed by atoms with Crippen molar-refractivity contribution >= 4 is 17.5 Å². The molecule has 1 N–H and O–H groups in total. The van der Waals surface area contributed by atoms with Crippen molar-refractivity contribution < 1.29 is 31.1 Å². The lowest BCUT2D eigenvalue weighted by Gasteiger charge is -2.35. The van der Waals surface area contributed by atoms with E-state index in [-0.39, 0.29) is 18.8 Å². The largest absolute Gasteiger partial charge is 0.417 e. The quantitative estimate of drug-likeness (QED) is 0.732. The van der Waals surface area contributed by atoms with Gasteiger partial charge in [0, 0.05) is 38.1 Å². The van der Waals surface area contributed by atoms with Crippen molar-refractivity contribution in [3.05, 3.63) is 53.7 Å². The number of urea groups is 1. The van der Waals surface area contributed by atoms with E-state index in [1.54, 1.807) is 4.90 Å². The summed E-state index contributed by atoms with van der Waals surface area (Å²) in [4.78, 5) is 19.3. The third kappa shape index (κ3) is 5.09. The summed E-state index contributed by atoms with van der Waals surface area (Å²) in [5.74, 6) is 0.357. The lowest BCUT2D eigenvalue weighted by Crippen LogP contribution is -2.50. The van der Waals surface area contributed by atoms with Gasteiger partial charge in [-0.1, -0.05) is 6.07 Å². The number of aromatic nitrogens is 1. The van der Waals surface area contributed by atoms with Crippen LogP contribution in [0.3, 0.4) is 0 Å². The lowest BCUT2D eigenvalue weighted by atomic mass is 10.2. The Morgan fingerprint density at radius 1 is 0.897 bits per heavy atom. The minimum Gasteiger partial charge on any atom is -0.353 e. The van der Waals surface area contributed by atoms with Crippen molar-refractivity contribution in [3.63, 3.8) is 0 Å². The third-order valence-electron chi connectivity index (χ3n) is 4.41. The van der Waals surface area contributed by atoms with Gasteiger partial charge in [-0.3, -0.25) is 0 Å². The second kappa shape index (κ2) is 7.80. The molecule has 0 unspecified atom stereocenters. The fourth-order valence-electron chi connectivity index (χ4n) is 2.86. The molecule has 3 rings (SSSR count). The molecule has 0 atom stereocenters. The molecule has 1 aliphatic rings. The van der Waals surface area contributed by atoms with Crippen LogP contribution in [0.15, 0.2) is 42.6 Å². The van der Waals surface area contributed by atoms with E-state index in [2.05, 4.69) is 10.3 Å². The first-order chi connectivity index (χ1) is 13.5. The topological polar surface area (TPSA) is 48.5 Å². The fourth-order valence-corrected chi connectivity index (χ4v) is 2.86. The zero-order chi connectivity index (χ0) is 21.2. The number of pyridine rings is 1. The lowest BCUT2D eigenvalue weighted by molar-refractivity contribution is -0.138. The van der Waals surface area contributed by atoms with Crippen molar-refractivity contribution in [1.29, 1.82) is 0 Å². The Morgan fingerprint density at radius 3 is 2.10 bits per heavy atom. The number of hydrogen-bond donors (Lipinski definition) is 1. The Labute approximate surface area is 161 Å². The van der Waals surface area contributed by atoms with Crippen LogP contribution in [-0.2, 0) is 12.4 Å². The SMILES string of the molecule is O=C(Nc1cccc(C(F)(F)F)c1)N1CCN(c2ccc(C(F)(F)F)cn2)CC1. The minimum atomic E-state index is -4.51. The average molecular weight is 418 g/mol. The summed E-state index contributed by atoms with van der Waals surface area (Å²) in [6, 6.07) is 5.97. The Balaban J connectivity index is 1.57. The number of halogens is 6. The number of nitrogens with one attached hydrogen (secondary N) is 1. The average Bonchev–Trinajstić information content (AvgIpc) is 2.67. The van der Waals surface area contributed by atoms with E-state index in [9.17, 15) is 31.1 Å². The fraction of sp³-hybridized carbons (Fsp3) is 0.333. The van der Waals surface area contributed by atoms with Crippen LogP contribution in [0, 0.1) is 0 Å². The molecule has 0 bridgehead atoms. The monoisotopic (exact) mass is 418 g/mol. The zero-order valence-corrected chi connectivity index (χ0v) is 14.9. The molecule has 1 aromatic heterocycles. The van der Waals surface area contributed by atoms with Crippen LogP contribution in [-0.4, -0.2) is 42.1 Å². The third-order valence-corrected chi connectivity index (χ3v) is 4.41. The van der Waals surface area contributed by atoms with Gasteiger partial charge in [-0.05, 0) is 30.3 Å². The summed E-state index contributed by atoms with van der Waals surface area (Å²) in [6.45, 7) is 1.14. The number of anilines is 2. The number of rotatable bonds is 2. The second-order valence-electron chi connectivity index (χ2n) is 6.39. The van der Waals surface area contributed by atoms with Gasteiger partial charge >= 0.3 is 18.4 Å². The van der Waals surface area contributed by atoms with Crippen molar-refractivity contribution in [2.24, 2.45) is 0 Å². The first-order valence-electron chi connectivity index (χ1n) is 8.55. The van der Waals surface area contributed by atoms with Gasteiger partial charge < -0.3 is 15.1 Å². The molecule has 0 saturated carbocycles. The highest BCUT2D eigenvalue weighted by Crippen LogP contribution is 2.31. The van der Waals surface area contributed by atoms with E-state index in [1.807, 2.05) is 0 Å². The van der Waals surface area contributed by atoms with Crippen LogP contribution in [0.4, 0.5) is 42.6 Å². The molecule has 2 amide bonds. The molecule has 1 aliphatic heterocycles. The molecule has 156 valence electrons. The first-order valence-corrected chi connectivity index (χ1v) is 8.55. The van der Waals surface area contributed by atoms with Gasteiger partial charge in [0.2, 0.25) is 0 Å². The number of nitrogens with zero attached hydrogens (tertiary/aromatic N) is 3. The number of hydrogen-bond acceptors (Lipinski definition) is 3. The highest BCUT2D eigenvalue weighted by Gasteiger charge is 2.32. The number of carbonyl (C=O) groups excluding carboxylic acids is 1. The summed E-state index contributed by atoms with van der Waals surface area (Å²) in [5.41, 5.74) is -1.69. The van der Waals surface area contributed by atoms with Gasteiger partial charge in [-0.15, -0.1) is 0 Å². The number of piperazine rings is 1. The summed E-state index contributed by atoms with van der Waals surface area (Å²) < 4.78 is 76.1. The molecule has 0 spiro atoms. The maximum Gasteiger partial charge on any atom is 0.417 e. The van der Waals surface area contributed by atoms with Crippen LogP contribution in [0.25, 0.3) is 0 Å². The second-order valence-corrected chi connectivity index (χ2v) is 6.39. The molecule has 1 saturated heterocycles. The van der Waals surface area contributed by atoms with Gasteiger partial charge in [0.05, 0.1) is 11.1 Å². The van der Waals surface area contributed by atoms with Crippen molar-refractivity contribution in [3.8, 4) is 0 Å². The number of amides is 2. The minimum absolute atomic E-state index is 0.0247. The van der Waals surface area contributed by atoms with Gasteiger partial charge in [0.15, 0.2) is 0 Å².